The average Bonchev–Trinajstić information content (AvgIpc) is 2.51. The fraction of sp³-hybridized carbons (Fsp3) is 0.125. The third kappa shape index (κ3) is 2.89. The number of aromatic nitrogens is 2. The Hall–Kier alpha value is -1.59. The van der Waals surface area contributed by atoms with E-state index in [1.165, 1.54) is 0 Å². The Bertz CT molecular complexity index is 860. The summed E-state index contributed by atoms with van der Waals surface area (Å²) in [5.41, 5.74) is 0.756. The third-order valence-electron chi connectivity index (χ3n) is 3.27. The Labute approximate surface area is 135 Å². The van der Waals surface area contributed by atoms with Gasteiger partial charge in [0.1, 0.15) is 5.82 Å². The normalized spacial score (nSPS) is 11.0. The van der Waals surface area contributed by atoms with E-state index in [1.807, 2.05) is 48.5 Å². The number of nitrogens with zero attached hydrogens (tertiary/aromatic N) is 2. The predicted octanol–water partition coefficient (Wildman–Crippen LogP) is 3.99. The molecule has 0 saturated heterocycles. The first-order chi connectivity index (χ1) is 10.2. The molecule has 0 bridgehead atoms. The van der Waals surface area contributed by atoms with Crippen LogP contribution in [0.5, 0.6) is 0 Å². The van der Waals surface area contributed by atoms with Crippen molar-refractivity contribution in [2.45, 2.75) is 10.6 Å². The predicted molar refractivity (Wildman–Crippen MR) is 90.7 cm³/mol. The van der Waals surface area contributed by atoms with E-state index in [-0.39, 0.29) is 5.56 Å². The van der Waals surface area contributed by atoms with Crippen molar-refractivity contribution in [1.82, 2.24) is 9.55 Å². The van der Waals surface area contributed by atoms with Gasteiger partial charge in [0, 0.05) is 16.4 Å². The minimum atomic E-state index is 0.00308. The molecule has 3 nitrogen and oxygen atoms in total. The maximum atomic E-state index is 12.3. The van der Waals surface area contributed by atoms with Crippen LogP contribution in [0.3, 0.4) is 0 Å². The van der Waals surface area contributed by atoms with E-state index >= 15 is 0 Å². The van der Waals surface area contributed by atoms with Gasteiger partial charge < -0.3 is 0 Å². The molecular weight excluding hydrogens is 348 g/mol. The number of para-hydroxylation sites is 1. The second-order valence-electron chi connectivity index (χ2n) is 4.63. The molecule has 2 aromatic carbocycles. The van der Waals surface area contributed by atoms with E-state index in [9.17, 15) is 4.79 Å². The molecule has 1 aromatic heterocycles. The smallest absolute Gasteiger partial charge is 0.261 e. The first-order valence-corrected chi connectivity index (χ1v) is 8.26. The zero-order valence-corrected chi connectivity index (χ0v) is 13.8. The molecule has 0 saturated carbocycles. The SMILES string of the molecule is Cn1c(CSc2ccccc2Br)nc2ccccc2c1=O. The van der Waals surface area contributed by atoms with Gasteiger partial charge in [0.2, 0.25) is 0 Å². The van der Waals surface area contributed by atoms with E-state index in [4.69, 9.17) is 0 Å². The lowest BCUT2D eigenvalue weighted by Gasteiger charge is -2.09. The number of hydrogen-bond acceptors (Lipinski definition) is 3. The highest BCUT2D eigenvalue weighted by Gasteiger charge is 2.09. The molecule has 5 heteroatoms. The molecule has 0 radical (unpaired) electrons. The lowest BCUT2D eigenvalue weighted by molar-refractivity contribution is 0.785. The molecule has 0 unspecified atom stereocenters. The molecule has 0 N–H and O–H groups in total. The van der Waals surface area contributed by atoms with Crippen LogP contribution < -0.4 is 5.56 Å². The summed E-state index contributed by atoms with van der Waals surface area (Å²) in [6, 6.07) is 15.5. The summed E-state index contributed by atoms with van der Waals surface area (Å²) in [5.74, 6) is 1.43. The molecule has 0 atom stereocenters. The molecule has 106 valence electrons. The Morgan fingerprint density at radius 3 is 2.67 bits per heavy atom. The molecule has 3 aromatic rings. The van der Waals surface area contributed by atoms with Crippen LogP contribution in [0.1, 0.15) is 5.82 Å². The van der Waals surface area contributed by atoms with Gasteiger partial charge in [-0.15, -0.1) is 11.8 Å². The van der Waals surface area contributed by atoms with Crippen molar-refractivity contribution in [3.8, 4) is 0 Å². The van der Waals surface area contributed by atoms with E-state index < -0.39 is 0 Å². The fourth-order valence-corrected chi connectivity index (χ4v) is 3.65. The van der Waals surface area contributed by atoms with Gasteiger partial charge >= 0.3 is 0 Å². The summed E-state index contributed by atoms with van der Waals surface area (Å²) in [4.78, 5) is 18.1. The van der Waals surface area contributed by atoms with Gasteiger partial charge in [0.25, 0.3) is 5.56 Å². The lowest BCUT2D eigenvalue weighted by Crippen LogP contribution is -2.21. The van der Waals surface area contributed by atoms with Gasteiger partial charge in [-0.3, -0.25) is 9.36 Å². The van der Waals surface area contributed by atoms with Crippen LogP contribution in [0.4, 0.5) is 0 Å². The van der Waals surface area contributed by atoms with Gasteiger partial charge in [0.05, 0.1) is 16.7 Å². The number of benzene rings is 2. The van der Waals surface area contributed by atoms with Crippen molar-refractivity contribution in [2.75, 3.05) is 0 Å². The van der Waals surface area contributed by atoms with E-state index in [2.05, 4.69) is 20.9 Å². The van der Waals surface area contributed by atoms with Crippen molar-refractivity contribution in [1.29, 1.82) is 0 Å². The lowest BCUT2D eigenvalue weighted by atomic mass is 10.2. The van der Waals surface area contributed by atoms with Crippen molar-refractivity contribution < 1.29 is 0 Å². The number of hydrogen-bond donors (Lipinski definition) is 0. The second-order valence-corrected chi connectivity index (χ2v) is 6.50. The monoisotopic (exact) mass is 360 g/mol. The summed E-state index contributed by atoms with van der Waals surface area (Å²) in [6.45, 7) is 0. The number of rotatable bonds is 3. The highest BCUT2D eigenvalue weighted by molar-refractivity contribution is 9.10. The van der Waals surface area contributed by atoms with Crippen LogP contribution in [0.2, 0.25) is 0 Å². The standard InChI is InChI=1S/C16H13BrN2OS/c1-19-15(10-21-14-9-5-3-7-12(14)17)18-13-8-4-2-6-11(13)16(19)20/h2-9H,10H2,1H3. The van der Waals surface area contributed by atoms with Crippen LogP contribution >= 0.6 is 27.7 Å². The summed E-state index contributed by atoms with van der Waals surface area (Å²) in [7, 11) is 1.78. The summed E-state index contributed by atoms with van der Waals surface area (Å²) >= 11 is 5.20. The van der Waals surface area contributed by atoms with Gasteiger partial charge in [0.15, 0.2) is 0 Å². The van der Waals surface area contributed by atoms with Crippen LogP contribution in [0.25, 0.3) is 10.9 Å². The maximum absolute atomic E-state index is 12.3. The van der Waals surface area contributed by atoms with Crippen LogP contribution in [-0.4, -0.2) is 9.55 Å². The molecule has 0 spiro atoms. The van der Waals surface area contributed by atoms with Gasteiger partial charge in [-0.25, -0.2) is 4.98 Å². The largest absolute Gasteiger partial charge is 0.299 e. The first kappa shape index (κ1) is 14.4. The maximum Gasteiger partial charge on any atom is 0.261 e. The third-order valence-corrected chi connectivity index (χ3v) is 5.29. The average molecular weight is 361 g/mol. The van der Waals surface area contributed by atoms with Crippen molar-refractivity contribution in [3.05, 3.63) is 69.2 Å². The Balaban J connectivity index is 1.96. The zero-order valence-electron chi connectivity index (χ0n) is 11.4. The molecule has 0 aliphatic rings. The number of thioether (sulfide) groups is 1. The van der Waals surface area contributed by atoms with Crippen LogP contribution in [0, 0.1) is 0 Å². The van der Waals surface area contributed by atoms with E-state index in [1.54, 1.807) is 23.4 Å². The Morgan fingerprint density at radius 2 is 1.86 bits per heavy atom. The Kier molecular flexibility index (Phi) is 4.12. The van der Waals surface area contributed by atoms with Crippen molar-refractivity contribution >= 4 is 38.6 Å². The molecule has 0 amide bonds. The van der Waals surface area contributed by atoms with E-state index in [0.717, 1.165) is 20.7 Å². The molecule has 1 heterocycles. The molecule has 0 aliphatic heterocycles. The van der Waals surface area contributed by atoms with Crippen molar-refractivity contribution in [2.24, 2.45) is 7.05 Å². The van der Waals surface area contributed by atoms with E-state index in [0.29, 0.717) is 11.1 Å². The van der Waals surface area contributed by atoms with Crippen LogP contribution in [-0.2, 0) is 12.8 Å². The van der Waals surface area contributed by atoms with Gasteiger partial charge in [-0.1, -0.05) is 24.3 Å². The molecule has 3 rings (SSSR count). The summed E-state index contributed by atoms with van der Waals surface area (Å²) < 4.78 is 2.69. The topological polar surface area (TPSA) is 34.9 Å². The van der Waals surface area contributed by atoms with Gasteiger partial charge in [-0.2, -0.15) is 0 Å². The fourth-order valence-electron chi connectivity index (χ4n) is 2.10. The molecule has 21 heavy (non-hydrogen) atoms. The van der Waals surface area contributed by atoms with Crippen LogP contribution in [0.15, 0.2) is 62.7 Å². The quantitative estimate of drug-likeness (QED) is 0.662. The minimum absolute atomic E-state index is 0.00308. The zero-order chi connectivity index (χ0) is 14.8. The molecule has 0 fully saturated rings. The minimum Gasteiger partial charge on any atom is -0.299 e. The highest BCUT2D eigenvalue weighted by Crippen LogP contribution is 2.29. The molecular formula is C16H13BrN2OS. The first-order valence-electron chi connectivity index (χ1n) is 6.49. The van der Waals surface area contributed by atoms with Gasteiger partial charge in [-0.05, 0) is 40.2 Å². The highest BCUT2D eigenvalue weighted by atomic mass is 79.9. The second kappa shape index (κ2) is 6.03. The van der Waals surface area contributed by atoms with Crippen molar-refractivity contribution in [3.63, 3.8) is 0 Å². The number of fused-ring (bicyclic) bond motifs is 1. The Morgan fingerprint density at radius 1 is 1.14 bits per heavy atom. The number of halogens is 1. The summed E-state index contributed by atoms with van der Waals surface area (Å²) in [6.07, 6.45) is 0. The summed E-state index contributed by atoms with van der Waals surface area (Å²) in [5, 5.41) is 0.662. The molecule has 0 aliphatic carbocycles.